The Kier molecular flexibility index (Phi) is 4.27. The van der Waals surface area contributed by atoms with Crippen LogP contribution in [-0.2, 0) is 0 Å². The number of hydrogen-bond acceptors (Lipinski definition) is 7. The van der Waals surface area contributed by atoms with Gasteiger partial charge in [0.1, 0.15) is 24.2 Å². The number of fused-ring (bicyclic) bond motifs is 1. The molecule has 0 radical (unpaired) electrons. The summed E-state index contributed by atoms with van der Waals surface area (Å²) in [6.45, 7) is 3.79. The molecule has 25 heavy (non-hydrogen) atoms. The molecule has 1 aliphatic rings. The number of hydrogen-bond donors (Lipinski definition) is 1. The van der Waals surface area contributed by atoms with Gasteiger partial charge in [0.25, 0.3) is 5.91 Å². The van der Waals surface area contributed by atoms with Crippen molar-refractivity contribution in [1.29, 1.82) is 0 Å². The van der Waals surface area contributed by atoms with E-state index in [4.69, 9.17) is 0 Å². The minimum Gasteiger partial charge on any atom is -0.355 e. The highest BCUT2D eigenvalue weighted by atomic mass is 32.1. The Balaban J connectivity index is 1.42. The summed E-state index contributed by atoms with van der Waals surface area (Å²) in [5, 5.41) is 5.18. The Bertz CT molecular complexity index is 889. The van der Waals surface area contributed by atoms with Crippen molar-refractivity contribution in [3.05, 3.63) is 41.6 Å². The minimum atomic E-state index is -0.140. The lowest BCUT2D eigenvalue weighted by Gasteiger charge is -2.33. The number of aryl methyl sites for hydroxylation is 1. The zero-order chi connectivity index (χ0) is 17.2. The number of amides is 1. The molecule has 8 heteroatoms. The fraction of sp³-hybridized carbons (Fsp3) is 0.353. The highest BCUT2D eigenvalue weighted by Gasteiger charge is 2.24. The van der Waals surface area contributed by atoms with Gasteiger partial charge in [0.15, 0.2) is 0 Å². The van der Waals surface area contributed by atoms with E-state index in [1.54, 1.807) is 29.9 Å². The molecule has 128 valence electrons. The van der Waals surface area contributed by atoms with Crippen LogP contribution in [0, 0.1) is 6.92 Å². The average Bonchev–Trinajstić information content (AvgIpc) is 3.04. The van der Waals surface area contributed by atoms with Crippen LogP contribution >= 0.6 is 11.3 Å². The molecule has 1 amide bonds. The molecule has 0 unspecified atom stereocenters. The van der Waals surface area contributed by atoms with Gasteiger partial charge in [-0.3, -0.25) is 4.79 Å². The van der Waals surface area contributed by atoms with Crippen molar-refractivity contribution in [2.24, 2.45) is 0 Å². The summed E-state index contributed by atoms with van der Waals surface area (Å²) < 4.78 is 1.14. The summed E-state index contributed by atoms with van der Waals surface area (Å²) in [5.41, 5.74) is 2.63. The Morgan fingerprint density at radius 2 is 2.08 bits per heavy atom. The Hall–Kier alpha value is -2.61. The van der Waals surface area contributed by atoms with Gasteiger partial charge in [-0.25, -0.2) is 19.9 Å². The molecule has 0 aromatic carbocycles. The monoisotopic (exact) mass is 354 g/mol. The molecule has 0 saturated carbocycles. The van der Waals surface area contributed by atoms with E-state index in [2.05, 4.69) is 42.5 Å². The summed E-state index contributed by atoms with van der Waals surface area (Å²) in [6, 6.07) is 1.78. The van der Waals surface area contributed by atoms with Crippen LogP contribution in [0.3, 0.4) is 0 Å². The van der Waals surface area contributed by atoms with Crippen LogP contribution in [0.4, 0.5) is 5.82 Å². The minimum absolute atomic E-state index is 0.140. The van der Waals surface area contributed by atoms with Crippen molar-refractivity contribution in [3.63, 3.8) is 0 Å². The van der Waals surface area contributed by atoms with Crippen molar-refractivity contribution in [2.45, 2.75) is 25.8 Å². The number of rotatable bonds is 3. The van der Waals surface area contributed by atoms with Crippen LogP contribution in [0.1, 0.15) is 28.9 Å². The molecule has 1 fully saturated rings. The van der Waals surface area contributed by atoms with Gasteiger partial charge in [-0.2, -0.15) is 0 Å². The SMILES string of the molecule is Cc1csc2c(N3CCC(NC(=O)c4ccncn4)CC3)ncnc12. The predicted octanol–water partition coefficient (Wildman–Crippen LogP) is 2.19. The molecule has 1 saturated heterocycles. The largest absolute Gasteiger partial charge is 0.355 e. The molecule has 0 spiro atoms. The third kappa shape index (κ3) is 3.17. The van der Waals surface area contributed by atoms with Crippen LogP contribution < -0.4 is 10.2 Å². The van der Waals surface area contributed by atoms with E-state index < -0.39 is 0 Å². The number of carbonyl (C=O) groups is 1. The third-order valence-corrected chi connectivity index (χ3v) is 5.54. The first-order valence-electron chi connectivity index (χ1n) is 8.23. The van der Waals surface area contributed by atoms with Gasteiger partial charge in [-0.1, -0.05) is 0 Å². The lowest BCUT2D eigenvalue weighted by Crippen LogP contribution is -2.45. The molecular weight excluding hydrogens is 336 g/mol. The summed E-state index contributed by atoms with van der Waals surface area (Å²) in [7, 11) is 0. The first kappa shape index (κ1) is 15.9. The first-order valence-corrected chi connectivity index (χ1v) is 9.11. The van der Waals surface area contributed by atoms with Crippen molar-refractivity contribution in [2.75, 3.05) is 18.0 Å². The molecule has 1 aliphatic heterocycles. The number of nitrogens with one attached hydrogen (secondary N) is 1. The third-order valence-electron chi connectivity index (χ3n) is 4.46. The van der Waals surface area contributed by atoms with E-state index in [0.717, 1.165) is 42.0 Å². The van der Waals surface area contributed by atoms with E-state index in [0.29, 0.717) is 5.69 Å². The molecule has 1 N–H and O–H groups in total. The molecule has 3 aromatic heterocycles. The number of piperidine rings is 1. The van der Waals surface area contributed by atoms with Crippen molar-refractivity contribution in [3.8, 4) is 0 Å². The number of aromatic nitrogens is 4. The maximum Gasteiger partial charge on any atom is 0.270 e. The second-order valence-electron chi connectivity index (χ2n) is 6.12. The molecule has 4 heterocycles. The van der Waals surface area contributed by atoms with E-state index >= 15 is 0 Å². The molecule has 0 aliphatic carbocycles. The van der Waals surface area contributed by atoms with Crippen molar-refractivity contribution >= 4 is 33.3 Å². The summed E-state index contributed by atoms with van der Waals surface area (Å²) in [6.07, 6.45) is 6.37. The van der Waals surface area contributed by atoms with Gasteiger partial charge < -0.3 is 10.2 Å². The smallest absolute Gasteiger partial charge is 0.270 e. The fourth-order valence-electron chi connectivity index (χ4n) is 3.10. The molecule has 3 aromatic rings. The quantitative estimate of drug-likeness (QED) is 0.776. The molecule has 7 nitrogen and oxygen atoms in total. The number of anilines is 1. The Labute approximate surface area is 149 Å². The van der Waals surface area contributed by atoms with E-state index in [-0.39, 0.29) is 11.9 Å². The topological polar surface area (TPSA) is 83.9 Å². The standard InChI is InChI=1S/C17H18N6OS/c1-11-8-25-15-14(11)20-10-21-16(15)23-6-3-12(4-7-23)22-17(24)13-2-5-18-9-19-13/h2,5,8-10,12H,3-4,6-7H2,1H3,(H,22,24). The number of thiophene rings is 1. The fourth-order valence-corrected chi connectivity index (χ4v) is 4.12. The van der Waals surface area contributed by atoms with E-state index in [1.165, 1.54) is 11.9 Å². The summed E-state index contributed by atoms with van der Waals surface area (Å²) in [4.78, 5) is 31.2. The van der Waals surface area contributed by atoms with Crippen molar-refractivity contribution in [1.82, 2.24) is 25.3 Å². The van der Waals surface area contributed by atoms with Crippen LogP contribution in [0.25, 0.3) is 10.2 Å². The Morgan fingerprint density at radius 1 is 1.24 bits per heavy atom. The zero-order valence-electron chi connectivity index (χ0n) is 13.8. The number of nitrogens with zero attached hydrogens (tertiary/aromatic N) is 5. The van der Waals surface area contributed by atoms with Gasteiger partial charge >= 0.3 is 0 Å². The second kappa shape index (κ2) is 6.72. The van der Waals surface area contributed by atoms with Crippen molar-refractivity contribution < 1.29 is 4.79 Å². The summed E-state index contributed by atoms with van der Waals surface area (Å²) >= 11 is 1.69. The predicted molar refractivity (Wildman–Crippen MR) is 96.9 cm³/mol. The van der Waals surface area contributed by atoms with Crippen LogP contribution in [-0.4, -0.2) is 45.0 Å². The molecule has 0 bridgehead atoms. The lowest BCUT2D eigenvalue weighted by molar-refractivity contribution is 0.0926. The van der Waals surface area contributed by atoms with Crippen LogP contribution in [0.15, 0.2) is 30.3 Å². The second-order valence-corrected chi connectivity index (χ2v) is 7.00. The van der Waals surface area contributed by atoms with Gasteiger partial charge in [0.05, 0.1) is 10.2 Å². The molecular formula is C17H18N6OS. The van der Waals surface area contributed by atoms with Gasteiger partial charge in [-0.05, 0) is 36.8 Å². The molecule has 0 atom stereocenters. The highest BCUT2D eigenvalue weighted by Crippen LogP contribution is 2.32. The summed E-state index contributed by atoms with van der Waals surface area (Å²) in [5.74, 6) is 0.864. The van der Waals surface area contributed by atoms with Gasteiger partial charge in [0, 0.05) is 25.3 Å². The highest BCUT2D eigenvalue weighted by molar-refractivity contribution is 7.18. The Morgan fingerprint density at radius 3 is 2.84 bits per heavy atom. The maximum atomic E-state index is 12.2. The van der Waals surface area contributed by atoms with E-state index in [1.807, 2.05) is 0 Å². The molecule has 4 rings (SSSR count). The maximum absolute atomic E-state index is 12.2. The lowest BCUT2D eigenvalue weighted by atomic mass is 10.0. The van der Waals surface area contributed by atoms with Crippen LogP contribution in [0.2, 0.25) is 0 Å². The van der Waals surface area contributed by atoms with Crippen LogP contribution in [0.5, 0.6) is 0 Å². The van der Waals surface area contributed by atoms with E-state index in [9.17, 15) is 4.79 Å². The van der Waals surface area contributed by atoms with Gasteiger partial charge in [0.2, 0.25) is 0 Å². The first-order chi connectivity index (χ1) is 12.2. The number of carbonyl (C=O) groups excluding carboxylic acids is 1. The average molecular weight is 354 g/mol. The zero-order valence-corrected chi connectivity index (χ0v) is 14.7. The normalized spacial score (nSPS) is 15.5. The van der Waals surface area contributed by atoms with Gasteiger partial charge in [-0.15, -0.1) is 11.3 Å².